The van der Waals surface area contributed by atoms with E-state index >= 15 is 0 Å². The summed E-state index contributed by atoms with van der Waals surface area (Å²) < 4.78 is 0. The van der Waals surface area contributed by atoms with Gasteiger partial charge in [0.2, 0.25) is 0 Å². The number of benzene rings is 2. The Kier molecular flexibility index (Phi) is 6.19. The van der Waals surface area contributed by atoms with Gasteiger partial charge in [-0.1, -0.05) is 17.7 Å². The Morgan fingerprint density at radius 2 is 1.74 bits per heavy atom. The molecule has 0 unspecified atom stereocenters. The van der Waals surface area contributed by atoms with Gasteiger partial charge in [0.15, 0.2) is 0 Å². The van der Waals surface area contributed by atoms with Gasteiger partial charge in [-0.15, -0.1) is 0 Å². The van der Waals surface area contributed by atoms with E-state index in [-0.39, 0.29) is 11.9 Å². The lowest BCUT2D eigenvalue weighted by Gasteiger charge is -2.36. The Morgan fingerprint density at radius 3 is 2.37 bits per heavy atom. The van der Waals surface area contributed by atoms with E-state index in [4.69, 9.17) is 11.6 Å². The van der Waals surface area contributed by atoms with E-state index in [9.17, 15) is 9.59 Å². The third-order valence-corrected chi connectivity index (χ3v) is 4.71. The van der Waals surface area contributed by atoms with Crippen LogP contribution in [0.5, 0.6) is 0 Å². The van der Waals surface area contributed by atoms with Gasteiger partial charge in [0, 0.05) is 54.7 Å². The van der Waals surface area contributed by atoms with Crippen molar-refractivity contribution in [1.29, 1.82) is 0 Å². The molecule has 1 aliphatic heterocycles. The van der Waals surface area contributed by atoms with E-state index < -0.39 is 0 Å². The van der Waals surface area contributed by atoms with Crippen LogP contribution in [0.3, 0.4) is 0 Å². The molecule has 0 spiro atoms. The number of carbonyl (C=O) groups excluding carboxylic acids is 2. The second kappa shape index (κ2) is 8.77. The highest BCUT2D eigenvalue weighted by Crippen LogP contribution is 2.20. The van der Waals surface area contributed by atoms with Crippen molar-refractivity contribution in [1.82, 2.24) is 10.2 Å². The first-order valence-corrected chi connectivity index (χ1v) is 9.39. The number of urea groups is 1. The maximum atomic E-state index is 12.3. The second-order valence-electron chi connectivity index (χ2n) is 6.32. The van der Waals surface area contributed by atoms with Crippen LogP contribution in [0.4, 0.5) is 16.2 Å². The number of nitrogens with one attached hydrogen (secondary N) is 2. The topological polar surface area (TPSA) is 64.7 Å². The molecule has 1 heterocycles. The zero-order chi connectivity index (χ0) is 19.2. The molecule has 1 aliphatic rings. The number of hydrogen-bond donors (Lipinski definition) is 2. The van der Waals surface area contributed by atoms with Crippen molar-refractivity contribution in [3.8, 4) is 0 Å². The van der Waals surface area contributed by atoms with Crippen LogP contribution in [0.2, 0.25) is 5.02 Å². The third kappa shape index (κ3) is 4.92. The van der Waals surface area contributed by atoms with Crippen LogP contribution in [0.1, 0.15) is 17.3 Å². The summed E-state index contributed by atoms with van der Waals surface area (Å²) >= 11 is 5.93. The number of rotatable bonds is 4. The lowest BCUT2D eigenvalue weighted by Crippen LogP contribution is -2.51. The average molecular weight is 387 g/mol. The number of halogens is 1. The van der Waals surface area contributed by atoms with Crippen LogP contribution in [-0.4, -0.2) is 49.6 Å². The smallest absolute Gasteiger partial charge is 0.317 e. The molecule has 0 saturated carbocycles. The summed E-state index contributed by atoms with van der Waals surface area (Å²) in [5.41, 5.74) is 2.32. The zero-order valence-corrected chi connectivity index (χ0v) is 16.0. The molecule has 1 fully saturated rings. The monoisotopic (exact) mass is 386 g/mol. The van der Waals surface area contributed by atoms with Gasteiger partial charge in [-0.3, -0.25) is 4.79 Å². The van der Waals surface area contributed by atoms with Crippen LogP contribution >= 0.6 is 11.6 Å². The molecule has 142 valence electrons. The van der Waals surface area contributed by atoms with Crippen LogP contribution in [0.15, 0.2) is 48.5 Å². The molecule has 0 bridgehead atoms. The van der Waals surface area contributed by atoms with Crippen molar-refractivity contribution in [2.45, 2.75) is 6.92 Å². The second-order valence-corrected chi connectivity index (χ2v) is 6.76. The first-order valence-electron chi connectivity index (χ1n) is 9.01. The van der Waals surface area contributed by atoms with E-state index in [1.807, 2.05) is 36.1 Å². The van der Waals surface area contributed by atoms with Crippen molar-refractivity contribution in [3.05, 3.63) is 59.1 Å². The van der Waals surface area contributed by atoms with Crippen molar-refractivity contribution in [2.75, 3.05) is 42.9 Å². The van der Waals surface area contributed by atoms with E-state index in [2.05, 4.69) is 15.5 Å². The summed E-state index contributed by atoms with van der Waals surface area (Å²) in [4.78, 5) is 28.2. The molecule has 2 aromatic carbocycles. The minimum Gasteiger partial charge on any atom is -0.368 e. The first kappa shape index (κ1) is 19.0. The molecule has 0 atom stereocenters. The zero-order valence-electron chi connectivity index (χ0n) is 15.2. The average Bonchev–Trinajstić information content (AvgIpc) is 2.69. The largest absolute Gasteiger partial charge is 0.368 e. The molecule has 3 rings (SSSR count). The molecular weight excluding hydrogens is 364 g/mol. The van der Waals surface area contributed by atoms with Crippen molar-refractivity contribution < 1.29 is 9.59 Å². The Balaban J connectivity index is 1.56. The van der Waals surface area contributed by atoms with Crippen LogP contribution in [0.25, 0.3) is 0 Å². The molecule has 0 aliphatic carbocycles. The van der Waals surface area contributed by atoms with Gasteiger partial charge in [-0.25, -0.2) is 4.79 Å². The Morgan fingerprint density at radius 1 is 1.04 bits per heavy atom. The molecule has 6 nitrogen and oxygen atoms in total. The molecule has 27 heavy (non-hydrogen) atoms. The summed E-state index contributed by atoms with van der Waals surface area (Å²) in [6.45, 7) is 5.51. The Hall–Kier alpha value is -2.73. The number of anilines is 2. The van der Waals surface area contributed by atoms with E-state index in [0.29, 0.717) is 30.2 Å². The first-order chi connectivity index (χ1) is 13.1. The molecule has 2 N–H and O–H groups in total. The lowest BCUT2D eigenvalue weighted by atomic mass is 10.2. The van der Waals surface area contributed by atoms with Gasteiger partial charge in [0.1, 0.15) is 0 Å². The maximum Gasteiger partial charge on any atom is 0.317 e. The SMILES string of the molecule is CCNC(=O)N1CCN(c2ccc(NC(=O)c3cccc(Cl)c3)cc2)CC1. The third-order valence-electron chi connectivity index (χ3n) is 4.47. The minimum absolute atomic E-state index is 0.00349. The highest BCUT2D eigenvalue weighted by Gasteiger charge is 2.20. The highest BCUT2D eigenvalue weighted by molar-refractivity contribution is 6.31. The Bertz CT molecular complexity index is 802. The van der Waals surface area contributed by atoms with Crippen LogP contribution < -0.4 is 15.5 Å². The van der Waals surface area contributed by atoms with Crippen molar-refractivity contribution in [2.24, 2.45) is 0 Å². The van der Waals surface area contributed by atoms with E-state index in [1.165, 1.54) is 0 Å². The lowest BCUT2D eigenvalue weighted by molar-refractivity contribution is 0.102. The summed E-state index contributed by atoms with van der Waals surface area (Å²) in [6, 6.07) is 14.6. The number of carbonyl (C=O) groups is 2. The normalized spacial score (nSPS) is 14.0. The minimum atomic E-state index is -0.194. The molecule has 7 heteroatoms. The van der Waals surface area contributed by atoms with Gasteiger partial charge in [-0.2, -0.15) is 0 Å². The van der Waals surface area contributed by atoms with Gasteiger partial charge in [0.25, 0.3) is 5.91 Å². The van der Waals surface area contributed by atoms with Crippen LogP contribution in [0, 0.1) is 0 Å². The molecule has 3 amide bonds. The predicted molar refractivity (Wildman–Crippen MR) is 109 cm³/mol. The number of hydrogen-bond acceptors (Lipinski definition) is 3. The van der Waals surface area contributed by atoms with Gasteiger partial charge < -0.3 is 20.4 Å². The fourth-order valence-corrected chi connectivity index (χ4v) is 3.21. The van der Waals surface area contributed by atoms with Gasteiger partial charge in [0.05, 0.1) is 0 Å². The van der Waals surface area contributed by atoms with Crippen molar-refractivity contribution >= 4 is 34.9 Å². The molecular formula is C20H23ClN4O2. The highest BCUT2D eigenvalue weighted by atomic mass is 35.5. The van der Waals surface area contributed by atoms with Gasteiger partial charge in [-0.05, 0) is 49.4 Å². The summed E-state index contributed by atoms with van der Waals surface area (Å²) in [5.74, 6) is -0.194. The Labute approximate surface area is 164 Å². The summed E-state index contributed by atoms with van der Waals surface area (Å²) in [6.07, 6.45) is 0. The maximum absolute atomic E-state index is 12.3. The van der Waals surface area contributed by atoms with Crippen molar-refractivity contribution in [3.63, 3.8) is 0 Å². The fraction of sp³-hybridized carbons (Fsp3) is 0.300. The number of piperazine rings is 1. The standard InChI is InChI=1S/C20H23ClN4O2/c1-2-22-20(27)25-12-10-24(11-13-25)18-8-6-17(7-9-18)23-19(26)15-4-3-5-16(21)14-15/h3-9,14H,2,10-13H2,1H3,(H,22,27)(H,23,26). The summed E-state index contributed by atoms with van der Waals surface area (Å²) in [7, 11) is 0. The molecule has 0 radical (unpaired) electrons. The summed E-state index contributed by atoms with van der Waals surface area (Å²) in [5, 5.41) is 6.24. The fourth-order valence-electron chi connectivity index (χ4n) is 3.02. The quantitative estimate of drug-likeness (QED) is 0.845. The van der Waals surface area contributed by atoms with E-state index in [1.54, 1.807) is 24.3 Å². The van der Waals surface area contributed by atoms with Gasteiger partial charge >= 0.3 is 6.03 Å². The molecule has 0 aromatic heterocycles. The number of nitrogens with zero attached hydrogens (tertiary/aromatic N) is 2. The predicted octanol–water partition coefficient (Wildman–Crippen LogP) is 3.44. The number of amides is 3. The molecule has 1 saturated heterocycles. The van der Waals surface area contributed by atoms with Crippen LogP contribution in [-0.2, 0) is 0 Å². The molecule has 2 aromatic rings. The van der Waals surface area contributed by atoms with E-state index in [0.717, 1.165) is 24.5 Å².